The summed E-state index contributed by atoms with van der Waals surface area (Å²) in [6, 6.07) is 9.77. The molecule has 1 aliphatic rings. The fraction of sp³-hybridized carbons (Fsp3) is 0.389. The maximum Gasteiger partial charge on any atom is 0.240 e. The van der Waals surface area contributed by atoms with E-state index in [1.54, 1.807) is 6.07 Å². The van der Waals surface area contributed by atoms with Crippen LogP contribution in [0.3, 0.4) is 0 Å². The first kappa shape index (κ1) is 15.8. The van der Waals surface area contributed by atoms with Crippen LogP contribution in [0.1, 0.15) is 30.3 Å². The lowest BCUT2D eigenvalue weighted by molar-refractivity contribution is -0.117. The predicted molar refractivity (Wildman–Crippen MR) is 94.4 cm³/mol. The molecule has 7 nitrogen and oxygen atoms in total. The van der Waals surface area contributed by atoms with Gasteiger partial charge in [0.15, 0.2) is 0 Å². The SMILES string of the molecule is Cc1cc(NC(=O)CN2CCC[C@H](c3nc4ccccc4[nH]3)C2)on1. The first-order valence-electron chi connectivity index (χ1n) is 8.57. The molecule has 7 heteroatoms. The fourth-order valence-corrected chi connectivity index (χ4v) is 3.39. The molecule has 25 heavy (non-hydrogen) atoms. The van der Waals surface area contributed by atoms with Crippen LogP contribution in [0, 0.1) is 6.92 Å². The van der Waals surface area contributed by atoms with E-state index in [1.165, 1.54) is 0 Å². The van der Waals surface area contributed by atoms with Gasteiger partial charge in [0.05, 0.1) is 23.3 Å². The molecule has 1 saturated heterocycles. The molecule has 4 rings (SSSR count). The van der Waals surface area contributed by atoms with Crippen LogP contribution < -0.4 is 5.32 Å². The van der Waals surface area contributed by atoms with E-state index in [2.05, 4.69) is 20.4 Å². The Bertz CT molecular complexity index is 851. The molecule has 1 aromatic carbocycles. The van der Waals surface area contributed by atoms with E-state index >= 15 is 0 Å². The van der Waals surface area contributed by atoms with Crippen LogP contribution in [0.25, 0.3) is 11.0 Å². The number of anilines is 1. The minimum Gasteiger partial charge on any atom is -0.342 e. The van der Waals surface area contributed by atoms with Crippen molar-refractivity contribution in [1.29, 1.82) is 0 Å². The number of aryl methyl sites for hydroxylation is 1. The summed E-state index contributed by atoms with van der Waals surface area (Å²) in [4.78, 5) is 22.5. The Morgan fingerprint density at radius 2 is 2.32 bits per heavy atom. The summed E-state index contributed by atoms with van der Waals surface area (Å²) in [6.45, 7) is 3.90. The Balaban J connectivity index is 1.39. The molecule has 1 amide bonds. The lowest BCUT2D eigenvalue weighted by atomic mass is 9.97. The van der Waals surface area contributed by atoms with E-state index in [9.17, 15) is 4.79 Å². The molecule has 1 atom stereocenters. The van der Waals surface area contributed by atoms with Crippen LogP contribution >= 0.6 is 0 Å². The summed E-state index contributed by atoms with van der Waals surface area (Å²) in [5.74, 6) is 1.65. The van der Waals surface area contributed by atoms with Crippen molar-refractivity contribution >= 4 is 22.8 Å². The van der Waals surface area contributed by atoms with Gasteiger partial charge in [0, 0.05) is 18.5 Å². The highest BCUT2D eigenvalue weighted by Gasteiger charge is 2.25. The molecule has 3 aromatic rings. The molecular formula is C18H21N5O2. The number of amides is 1. The number of hydrogen-bond donors (Lipinski definition) is 2. The minimum absolute atomic E-state index is 0.0820. The van der Waals surface area contributed by atoms with Gasteiger partial charge in [0.1, 0.15) is 5.82 Å². The van der Waals surface area contributed by atoms with Crippen LogP contribution in [0.5, 0.6) is 0 Å². The average Bonchev–Trinajstić information content (AvgIpc) is 3.21. The summed E-state index contributed by atoms with van der Waals surface area (Å²) < 4.78 is 5.03. The number of imidazole rings is 1. The van der Waals surface area contributed by atoms with Gasteiger partial charge in [-0.1, -0.05) is 17.3 Å². The molecule has 0 bridgehead atoms. The van der Waals surface area contributed by atoms with E-state index in [-0.39, 0.29) is 5.91 Å². The molecule has 2 aromatic heterocycles. The number of H-pyrrole nitrogens is 1. The van der Waals surface area contributed by atoms with Gasteiger partial charge in [0.25, 0.3) is 0 Å². The molecule has 0 saturated carbocycles. The maximum absolute atomic E-state index is 12.2. The zero-order chi connectivity index (χ0) is 17.2. The summed E-state index contributed by atoms with van der Waals surface area (Å²) >= 11 is 0. The third kappa shape index (κ3) is 3.56. The molecule has 130 valence electrons. The van der Waals surface area contributed by atoms with Crippen molar-refractivity contribution in [1.82, 2.24) is 20.0 Å². The smallest absolute Gasteiger partial charge is 0.240 e. The molecule has 1 fully saturated rings. The zero-order valence-corrected chi connectivity index (χ0v) is 14.2. The quantitative estimate of drug-likeness (QED) is 0.763. The van der Waals surface area contributed by atoms with Gasteiger partial charge in [-0.15, -0.1) is 0 Å². The molecular weight excluding hydrogens is 318 g/mol. The highest BCUT2D eigenvalue weighted by atomic mass is 16.5. The number of piperidine rings is 1. The molecule has 0 unspecified atom stereocenters. The number of carbonyl (C=O) groups excluding carboxylic acids is 1. The fourth-order valence-electron chi connectivity index (χ4n) is 3.39. The number of aromatic amines is 1. The number of nitrogens with one attached hydrogen (secondary N) is 2. The van der Waals surface area contributed by atoms with Crippen LogP contribution in [-0.4, -0.2) is 45.6 Å². The Morgan fingerprint density at radius 1 is 1.44 bits per heavy atom. The molecule has 0 radical (unpaired) electrons. The number of aromatic nitrogens is 3. The number of rotatable bonds is 4. The number of para-hydroxylation sites is 2. The van der Waals surface area contributed by atoms with Crippen molar-refractivity contribution in [2.75, 3.05) is 25.0 Å². The molecule has 0 aliphatic carbocycles. The number of nitrogens with zero attached hydrogens (tertiary/aromatic N) is 3. The van der Waals surface area contributed by atoms with E-state index in [0.29, 0.717) is 18.3 Å². The van der Waals surface area contributed by atoms with Crippen molar-refractivity contribution in [3.8, 4) is 0 Å². The van der Waals surface area contributed by atoms with Gasteiger partial charge in [-0.05, 0) is 38.4 Å². The van der Waals surface area contributed by atoms with Crippen molar-refractivity contribution in [2.45, 2.75) is 25.7 Å². The van der Waals surface area contributed by atoms with Gasteiger partial charge in [0.2, 0.25) is 11.8 Å². The molecule has 1 aliphatic heterocycles. The van der Waals surface area contributed by atoms with Crippen LogP contribution in [-0.2, 0) is 4.79 Å². The summed E-state index contributed by atoms with van der Waals surface area (Å²) in [5, 5.41) is 6.53. The number of likely N-dealkylation sites (tertiary alicyclic amines) is 1. The second kappa shape index (κ2) is 6.68. The van der Waals surface area contributed by atoms with Crippen LogP contribution in [0.4, 0.5) is 5.88 Å². The largest absolute Gasteiger partial charge is 0.342 e. The van der Waals surface area contributed by atoms with Gasteiger partial charge in [-0.3, -0.25) is 15.0 Å². The summed E-state index contributed by atoms with van der Waals surface area (Å²) in [5.41, 5.74) is 2.80. The Kier molecular flexibility index (Phi) is 4.23. The lowest BCUT2D eigenvalue weighted by Crippen LogP contribution is -2.40. The topological polar surface area (TPSA) is 87.0 Å². The molecule has 2 N–H and O–H groups in total. The van der Waals surface area contributed by atoms with Gasteiger partial charge >= 0.3 is 0 Å². The number of fused-ring (bicyclic) bond motifs is 1. The zero-order valence-electron chi connectivity index (χ0n) is 14.2. The third-order valence-electron chi connectivity index (χ3n) is 4.56. The highest BCUT2D eigenvalue weighted by Crippen LogP contribution is 2.26. The normalized spacial score (nSPS) is 18.5. The van der Waals surface area contributed by atoms with Crippen molar-refractivity contribution < 1.29 is 9.32 Å². The van der Waals surface area contributed by atoms with Crippen LogP contribution in [0.15, 0.2) is 34.9 Å². The first-order chi connectivity index (χ1) is 12.2. The Labute approximate surface area is 145 Å². The summed E-state index contributed by atoms with van der Waals surface area (Å²) in [6.07, 6.45) is 2.13. The van der Waals surface area contributed by atoms with E-state index < -0.39 is 0 Å². The van der Waals surface area contributed by atoms with E-state index in [0.717, 1.165) is 48.5 Å². The number of hydrogen-bond acceptors (Lipinski definition) is 5. The second-order valence-electron chi connectivity index (χ2n) is 6.59. The molecule has 0 spiro atoms. The van der Waals surface area contributed by atoms with Crippen molar-refractivity contribution in [3.05, 3.63) is 41.9 Å². The second-order valence-corrected chi connectivity index (χ2v) is 6.59. The Hall–Kier alpha value is -2.67. The predicted octanol–water partition coefficient (Wildman–Crippen LogP) is 2.68. The first-order valence-corrected chi connectivity index (χ1v) is 8.57. The number of carbonyl (C=O) groups is 1. The summed E-state index contributed by atoms with van der Waals surface area (Å²) in [7, 11) is 0. The Morgan fingerprint density at radius 3 is 3.12 bits per heavy atom. The van der Waals surface area contributed by atoms with Crippen LogP contribution in [0.2, 0.25) is 0 Å². The van der Waals surface area contributed by atoms with Gasteiger partial charge in [-0.25, -0.2) is 4.98 Å². The van der Waals surface area contributed by atoms with Gasteiger partial charge < -0.3 is 9.51 Å². The lowest BCUT2D eigenvalue weighted by Gasteiger charge is -2.31. The minimum atomic E-state index is -0.0820. The van der Waals surface area contributed by atoms with Crippen molar-refractivity contribution in [3.63, 3.8) is 0 Å². The molecule has 3 heterocycles. The van der Waals surface area contributed by atoms with Crippen molar-refractivity contribution in [2.24, 2.45) is 0 Å². The van der Waals surface area contributed by atoms with Gasteiger partial charge in [-0.2, -0.15) is 0 Å². The van der Waals surface area contributed by atoms with E-state index in [4.69, 9.17) is 9.51 Å². The average molecular weight is 339 g/mol. The third-order valence-corrected chi connectivity index (χ3v) is 4.56. The highest BCUT2D eigenvalue weighted by molar-refractivity contribution is 5.91. The number of benzene rings is 1. The standard InChI is InChI=1S/C18H21N5O2/c1-12-9-17(25-22-12)21-16(24)11-23-8-4-5-13(10-23)18-19-14-6-2-3-7-15(14)20-18/h2-3,6-7,9,13H,4-5,8,10-11H2,1H3,(H,19,20)(H,21,24)/t13-/m0/s1. The monoisotopic (exact) mass is 339 g/mol. The maximum atomic E-state index is 12.2. The van der Waals surface area contributed by atoms with E-state index in [1.807, 2.05) is 31.2 Å².